The largest absolute Gasteiger partial charge is 0.466 e. The van der Waals surface area contributed by atoms with Crippen LogP contribution in [0.2, 0.25) is 0 Å². The van der Waals surface area contributed by atoms with Gasteiger partial charge in [-0.25, -0.2) is 0 Å². The highest BCUT2D eigenvalue weighted by Crippen LogP contribution is 2.27. The van der Waals surface area contributed by atoms with Gasteiger partial charge in [-0.05, 0) is 45.0 Å². The van der Waals surface area contributed by atoms with E-state index in [0.717, 1.165) is 24.5 Å². The van der Waals surface area contributed by atoms with E-state index < -0.39 is 0 Å². The molecule has 22 heavy (non-hydrogen) atoms. The number of esters is 1. The van der Waals surface area contributed by atoms with Crippen LogP contribution in [0, 0.1) is 5.92 Å². The summed E-state index contributed by atoms with van der Waals surface area (Å²) in [4.78, 5) is 27.8. The molecule has 0 bridgehead atoms. The molecule has 1 aliphatic rings. The van der Waals surface area contributed by atoms with E-state index >= 15 is 0 Å². The third-order valence-electron chi connectivity index (χ3n) is 4.03. The molecule has 0 spiro atoms. The molecule has 0 unspecified atom stereocenters. The van der Waals surface area contributed by atoms with E-state index in [4.69, 9.17) is 4.74 Å². The van der Waals surface area contributed by atoms with Crippen molar-refractivity contribution in [2.75, 3.05) is 36.0 Å². The first-order valence-electron chi connectivity index (χ1n) is 7.92. The summed E-state index contributed by atoms with van der Waals surface area (Å²) in [6, 6.07) is 7.93. The highest BCUT2D eigenvalue weighted by Gasteiger charge is 2.35. The predicted octanol–water partition coefficient (Wildman–Crippen LogP) is 2.45. The van der Waals surface area contributed by atoms with Crippen LogP contribution in [0.3, 0.4) is 0 Å². The molecule has 0 saturated carbocycles. The summed E-state index contributed by atoms with van der Waals surface area (Å²) in [5, 5.41) is 0. The number of benzene rings is 1. The molecule has 1 aromatic rings. The molecule has 5 heteroatoms. The average molecular weight is 304 g/mol. The van der Waals surface area contributed by atoms with Crippen LogP contribution in [0.1, 0.15) is 27.2 Å². The van der Waals surface area contributed by atoms with Crippen LogP contribution >= 0.6 is 0 Å². The van der Waals surface area contributed by atoms with Crippen molar-refractivity contribution in [2.45, 2.75) is 27.2 Å². The monoisotopic (exact) mass is 304 g/mol. The minimum absolute atomic E-state index is 0.0198. The number of rotatable bonds is 6. The lowest BCUT2D eigenvalue weighted by Crippen LogP contribution is -2.26. The summed E-state index contributed by atoms with van der Waals surface area (Å²) in [6.07, 6.45) is 0.233. The Bertz CT molecular complexity index is 523. The fourth-order valence-corrected chi connectivity index (χ4v) is 2.81. The summed E-state index contributed by atoms with van der Waals surface area (Å²) in [6.45, 7) is 8.66. The fraction of sp³-hybridized carbons (Fsp3) is 0.529. The lowest BCUT2D eigenvalue weighted by atomic mass is 10.1. The maximum Gasteiger partial charge on any atom is 0.311 e. The van der Waals surface area contributed by atoms with Crippen LogP contribution in [0.25, 0.3) is 0 Å². The first kappa shape index (κ1) is 16.3. The van der Waals surface area contributed by atoms with Crippen molar-refractivity contribution >= 4 is 23.3 Å². The molecule has 1 aromatic carbocycles. The zero-order valence-corrected chi connectivity index (χ0v) is 13.5. The Labute approximate surface area is 131 Å². The predicted molar refractivity (Wildman–Crippen MR) is 87.1 cm³/mol. The van der Waals surface area contributed by atoms with Gasteiger partial charge in [0.2, 0.25) is 5.91 Å². The van der Waals surface area contributed by atoms with Crippen molar-refractivity contribution in [1.29, 1.82) is 0 Å². The van der Waals surface area contributed by atoms with Crippen molar-refractivity contribution < 1.29 is 14.3 Å². The van der Waals surface area contributed by atoms with Gasteiger partial charge in [0.05, 0.1) is 12.5 Å². The summed E-state index contributed by atoms with van der Waals surface area (Å²) in [5.41, 5.74) is 1.98. The van der Waals surface area contributed by atoms with E-state index in [1.54, 1.807) is 11.8 Å². The van der Waals surface area contributed by atoms with Crippen molar-refractivity contribution in [2.24, 2.45) is 5.92 Å². The Morgan fingerprint density at radius 3 is 2.41 bits per heavy atom. The molecule has 1 fully saturated rings. The van der Waals surface area contributed by atoms with E-state index in [9.17, 15) is 9.59 Å². The van der Waals surface area contributed by atoms with Crippen LogP contribution in [0.5, 0.6) is 0 Å². The lowest BCUT2D eigenvalue weighted by molar-refractivity contribution is -0.147. The highest BCUT2D eigenvalue weighted by atomic mass is 16.5. The minimum atomic E-state index is -0.352. The van der Waals surface area contributed by atoms with Gasteiger partial charge in [0.1, 0.15) is 0 Å². The molecule has 1 saturated heterocycles. The van der Waals surface area contributed by atoms with Crippen LogP contribution < -0.4 is 9.80 Å². The molecule has 1 heterocycles. The summed E-state index contributed by atoms with van der Waals surface area (Å²) >= 11 is 0. The average Bonchev–Trinajstić information content (AvgIpc) is 2.91. The molecule has 0 radical (unpaired) electrons. The van der Waals surface area contributed by atoms with E-state index in [1.165, 1.54) is 0 Å². The molecule has 2 rings (SSSR count). The normalized spacial score (nSPS) is 17.7. The van der Waals surface area contributed by atoms with Crippen molar-refractivity contribution in [1.82, 2.24) is 0 Å². The molecule has 1 amide bonds. The van der Waals surface area contributed by atoms with Crippen LogP contribution in [-0.4, -0.2) is 38.1 Å². The highest BCUT2D eigenvalue weighted by molar-refractivity contribution is 5.99. The number of carbonyl (C=O) groups excluding carboxylic acids is 2. The van der Waals surface area contributed by atoms with Crippen molar-refractivity contribution in [3.05, 3.63) is 24.3 Å². The van der Waals surface area contributed by atoms with Gasteiger partial charge < -0.3 is 14.5 Å². The first-order chi connectivity index (χ1) is 10.6. The van der Waals surface area contributed by atoms with Gasteiger partial charge in [0.25, 0.3) is 0 Å². The Hall–Kier alpha value is -2.04. The van der Waals surface area contributed by atoms with Crippen molar-refractivity contribution in [3.8, 4) is 0 Å². The van der Waals surface area contributed by atoms with E-state index in [-0.39, 0.29) is 24.2 Å². The fourth-order valence-electron chi connectivity index (χ4n) is 2.81. The van der Waals surface area contributed by atoms with Gasteiger partial charge in [0, 0.05) is 37.4 Å². The van der Waals surface area contributed by atoms with Gasteiger partial charge >= 0.3 is 5.97 Å². The maximum atomic E-state index is 12.1. The van der Waals surface area contributed by atoms with E-state index in [1.807, 2.05) is 24.3 Å². The van der Waals surface area contributed by atoms with Crippen LogP contribution in [-0.2, 0) is 14.3 Å². The number of carbonyl (C=O) groups is 2. The summed E-state index contributed by atoms with van der Waals surface area (Å²) < 4.78 is 5.01. The summed E-state index contributed by atoms with van der Waals surface area (Å²) in [7, 11) is 0. The summed E-state index contributed by atoms with van der Waals surface area (Å²) in [5.74, 6) is -0.651. The third kappa shape index (κ3) is 3.40. The Morgan fingerprint density at radius 2 is 1.86 bits per heavy atom. The van der Waals surface area contributed by atoms with Gasteiger partial charge in [0.15, 0.2) is 0 Å². The molecule has 0 aliphatic carbocycles. The molecule has 5 nitrogen and oxygen atoms in total. The lowest BCUT2D eigenvalue weighted by Gasteiger charge is -2.22. The van der Waals surface area contributed by atoms with Gasteiger partial charge in [-0.2, -0.15) is 0 Å². The molecular formula is C17H24N2O3. The number of hydrogen-bond acceptors (Lipinski definition) is 4. The molecule has 0 N–H and O–H groups in total. The quantitative estimate of drug-likeness (QED) is 0.758. The smallest absolute Gasteiger partial charge is 0.311 e. The van der Waals surface area contributed by atoms with E-state index in [0.29, 0.717) is 13.2 Å². The Kier molecular flexibility index (Phi) is 5.41. The second-order valence-corrected chi connectivity index (χ2v) is 5.35. The number of hydrogen-bond donors (Lipinski definition) is 0. The minimum Gasteiger partial charge on any atom is -0.466 e. The number of anilines is 2. The molecule has 1 aliphatic heterocycles. The number of nitrogens with zero attached hydrogens (tertiary/aromatic N) is 2. The SMILES string of the molecule is CCOC(=O)[C@@H]1CC(=O)N(c2ccc(N(CC)CC)cc2)C1. The second-order valence-electron chi connectivity index (χ2n) is 5.35. The van der Waals surface area contributed by atoms with E-state index in [2.05, 4.69) is 18.7 Å². The first-order valence-corrected chi connectivity index (χ1v) is 7.92. The zero-order chi connectivity index (χ0) is 16.1. The molecule has 120 valence electrons. The number of ether oxygens (including phenoxy) is 1. The standard InChI is InChI=1S/C17H24N2O3/c1-4-18(5-2)14-7-9-15(10-8-14)19-12-13(11-16(19)20)17(21)22-6-3/h7-10,13H,4-6,11-12H2,1-3H3/t13-/m1/s1. The Morgan fingerprint density at radius 1 is 1.23 bits per heavy atom. The van der Waals surface area contributed by atoms with Crippen LogP contribution in [0.15, 0.2) is 24.3 Å². The third-order valence-corrected chi connectivity index (χ3v) is 4.03. The second kappa shape index (κ2) is 7.29. The molecule has 1 atom stereocenters. The molecular weight excluding hydrogens is 280 g/mol. The van der Waals surface area contributed by atoms with Gasteiger partial charge in [-0.15, -0.1) is 0 Å². The molecule has 0 aromatic heterocycles. The maximum absolute atomic E-state index is 12.1. The van der Waals surface area contributed by atoms with Gasteiger partial charge in [-0.3, -0.25) is 9.59 Å². The number of amides is 1. The van der Waals surface area contributed by atoms with Gasteiger partial charge in [-0.1, -0.05) is 0 Å². The topological polar surface area (TPSA) is 49.9 Å². The Balaban J connectivity index is 2.09. The zero-order valence-electron chi connectivity index (χ0n) is 13.5. The van der Waals surface area contributed by atoms with Crippen molar-refractivity contribution in [3.63, 3.8) is 0 Å². The van der Waals surface area contributed by atoms with Crippen LogP contribution in [0.4, 0.5) is 11.4 Å².